The van der Waals surface area contributed by atoms with E-state index in [-0.39, 0.29) is 44.1 Å². The van der Waals surface area contributed by atoms with E-state index >= 15 is 0 Å². The number of fused-ring (bicyclic) bond motifs is 3. The SMILES string of the molecule is CC1CN(C(=O)COCCNC(=O)OCC2c3ccccc3-c3ccccc32)CCC1C(=O)O. The molecule has 1 fully saturated rings. The fourth-order valence-corrected chi connectivity index (χ4v) is 4.86. The van der Waals surface area contributed by atoms with Crippen LogP contribution in [0.2, 0.25) is 0 Å². The van der Waals surface area contributed by atoms with Crippen LogP contribution in [0.5, 0.6) is 0 Å². The molecular weight excluding hydrogens is 436 g/mol. The summed E-state index contributed by atoms with van der Waals surface area (Å²) in [7, 11) is 0. The molecule has 4 rings (SSSR count). The Morgan fingerprint density at radius 2 is 1.71 bits per heavy atom. The number of nitrogens with one attached hydrogen (secondary N) is 1. The number of hydrogen-bond donors (Lipinski definition) is 2. The first kappa shape index (κ1) is 23.8. The molecule has 0 aromatic heterocycles. The molecule has 8 nitrogen and oxygen atoms in total. The van der Waals surface area contributed by atoms with Crippen molar-refractivity contribution in [3.05, 3.63) is 59.7 Å². The second-order valence-electron chi connectivity index (χ2n) is 8.86. The van der Waals surface area contributed by atoms with Gasteiger partial charge in [-0.05, 0) is 34.6 Å². The molecule has 1 heterocycles. The maximum Gasteiger partial charge on any atom is 0.407 e. The van der Waals surface area contributed by atoms with Crippen molar-refractivity contribution in [3.63, 3.8) is 0 Å². The highest BCUT2D eigenvalue weighted by Crippen LogP contribution is 2.44. The van der Waals surface area contributed by atoms with Crippen molar-refractivity contribution in [1.29, 1.82) is 0 Å². The van der Waals surface area contributed by atoms with E-state index < -0.39 is 18.0 Å². The van der Waals surface area contributed by atoms with E-state index in [1.807, 2.05) is 31.2 Å². The lowest BCUT2D eigenvalue weighted by Gasteiger charge is -2.34. The predicted molar refractivity (Wildman–Crippen MR) is 125 cm³/mol. The summed E-state index contributed by atoms with van der Waals surface area (Å²) in [6, 6.07) is 16.3. The lowest BCUT2D eigenvalue weighted by Crippen LogP contribution is -2.46. The Labute approximate surface area is 198 Å². The van der Waals surface area contributed by atoms with E-state index in [4.69, 9.17) is 9.47 Å². The minimum Gasteiger partial charge on any atom is -0.481 e. The van der Waals surface area contributed by atoms with Crippen molar-refractivity contribution in [2.45, 2.75) is 19.3 Å². The number of carbonyl (C=O) groups excluding carboxylic acids is 2. The third-order valence-electron chi connectivity index (χ3n) is 6.66. The molecule has 34 heavy (non-hydrogen) atoms. The number of benzene rings is 2. The number of carboxylic acids is 1. The van der Waals surface area contributed by atoms with Crippen molar-refractivity contribution < 1.29 is 29.0 Å². The summed E-state index contributed by atoms with van der Waals surface area (Å²) in [5.74, 6) is -1.48. The van der Waals surface area contributed by atoms with Crippen molar-refractivity contribution in [2.75, 3.05) is 39.5 Å². The lowest BCUT2D eigenvalue weighted by molar-refractivity contribution is -0.149. The summed E-state index contributed by atoms with van der Waals surface area (Å²) in [6.45, 7) is 3.22. The normalized spacial score (nSPS) is 19.3. The Hall–Kier alpha value is -3.39. The third kappa shape index (κ3) is 5.22. The minimum atomic E-state index is -0.810. The number of carboxylic acid groups (broad SMARTS) is 1. The van der Waals surface area contributed by atoms with Crippen LogP contribution in [-0.2, 0) is 19.1 Å². The van der Waals surface area contributed by atoms with E-state index in [2.05, 4.69) is 29.6 Å². The Kier molecular flexibility index (Phi) is 7.47. The maximum atomic E-state index is 12.3. The smallest absolute Gasteiger partial charge is 0.407 e. The summed E-state index contributed by atoms with van der Waals surface area (Å²) >= 11 is 0. The van der Waals surface area contributed by atoms with Crippen molar-refractivity contribution in [1.82, 2.24) is 10.2 Å². The first-order valence-corrected chi connectivity index (χ1v) is 11.6. The number of amides is 2. The molecule has 8 heteroatoms. The van der Waals surface area contributed by atoms with E-state index in [0.29, 0.717) is 19.5 Å². The fourth-order valence-electron chi connectivity index (χ4n) is 4.86. The molecule has 2 aliphatic rings. The summed E-state index contributed by atoms with van der Waals surface area (Å²) in [5, 5.41) is 11.8. The van der Waals surface area contributed by atoms with Gasteiger partial charge in [-0.3, -0.25) is 9.59 Å². The zero-order chi connectivity index (χ0) is 24.1. The van der Waals surface area contributed by atoms with Crippen LogP contribution < -0.4 is 5.32 Å². The van der Waals surface area contributed by atoms with Gasteiger partial charge in [0.05, 0.1) is 12.5 Å². The highest BCUT2D eigenvalue weighted by molar-refractivity contribution is 5.79. The highest BCUT2D eigenvalue weighted by atomic mass is 16.5. The van der Waals surface area contributed by atoms with Gasteiger partial charge in [0.1, 0.15) is 13.2 Å². The van der Waals surface area contributed by atoms with E-state index in [9.17, 15) is 19.5 Å². The fraction of sp³-hybridized carbons (Fsp3) is 0.423. The topological polar surface area (TPSA) is 105 Å². The Balaban J connectivity index is 1.16. The first-order valence-electron chi connectivity index (χ1n) is 11.6. The number of likely N-dealkylation sites (tertiary alicyclic amines) is 1. The molecular formula is C26H30N2O6. The molecule has 0 saturated carbocycles. The molecule has 0 spiro atoms. The molecule has 2 aromatic carbocycles. The molecule has 2 aromatic rings. The molecule has 2 unspecified atom stereocenters. The van der Waals surface area contributed by atoms with Gasteiger partial charge >= 0.3 is 12.1 Å². The summed E-state index contributed by atoms with van der Waals surface area (Å²) in [5.41, 5.74) is 4.65. The molecule has 1 saturated heterocycles. The van der Waals surface area contributed by atoms with Crippen LogP contribution >= 0.6 is 0 Å². The molecule has 1 aliphatic carbocycles. The molecule has 2 amide bonds. The van der Waals surface area contributed by atoms with Crippen LogP contribution in [0.4, 0.5) is 4.79 Å². The van der Waals surface area contributed by atoms with Gasteiger partial charge in [-0.15, -0.1) is 0 Å². The maximum absolute atomic E-state index is 12.3. The lowest BCUT2D eigenvalue weighted by atomic mass is 9.87. The number of hydrogen-bond acceptors (Lipinski definition) is 5. The average molecular weight is 467 g/mol. The van der Waals surface area contributed by atoms with Crippen LogP contribution in [0.25, 0.3) is 11.1 Å². The van der Waals surface area contributed by atoms with Gasteiger partial charge in [-0.1, -0.05) is 55.5 Å². The van der Waals surface area contributed by atoms with Gasteiger partial charge in [-0.25, -0.2) is 4.79 Å². The largest absolute Gasteiger partial charge is 0.481 e. The van der Waals surface area contributed by atoms with Gasteiger partial charge in [0.25, 0.3) is 0 Å². The Morgan fingerprint density at radius 1 is 1.06 bits per heavy atom. The molecule has 2 atom stereocenters. The van der Waals surface area contributed by atoms with E-state index in [1.54, 1.807) is 4.90 Å². The summed E-state index contributed by atoms with van der Waals surface area (Å²) < 4.78 is 10.9. The van der Waals surface area contributed by atoms with Crippen molar-refractivity contribution in [3.8, 4) is 11.1 Å². The van der Waals surface area contributed by atoms with Gasteiger partial charge < -0.3 is 24.8 Å². The standard InChI is InChI=1S/C26H30N2O6/c1-17-14-28(12-10-18(17)25(30)31)24(29)16-33-13-11-27-26(32)34-15-23-21-8-4-2-6-19(21)20-7-3-5-9-22(20)23/h2-9,17-18,23H,10-16H2,1H3,(H,27,32)(H,30,31). The van der Waals surface area contributed by atoms with Gasteiger partial charge in [0.15, 0.2) is 0 Å². The second kappa shape index (κ2) is 10.7. The molecule has 0 bridgehead atoms. The number of nitrogens with zero attached hydrogens (tertiary/aromatic N) is 1. The number of piperidine rings is 1. The van der Waals surface area contributed by atoms with Gasteiger partial charge in [-0.2, -0.15) is 0 Å². The molecule has 0 radical (unpaired) electrons. The number of carbonyl (C=O) groups is 3. The Bertz CT molecular complexity index is 1010. The van der Waals surface area contributed by atoms with E-state index in [0.717, 1.165) is 11.1 Å². The predicted octanol–water partition coefficient (Wildman–Crippen LogP) is 3.11. The monoisotopic (exact) mass is 466 g/mol. The van der Waals surface area contributed by atoms with Crippen LogP contribution in [-0.4, -0.2) is 67.4 Å². The number of ether oxygens (including phenoxy) is 2. The molecule has 2 N–H and O–H groups in total. The summed E-state index contributed by atoms with van der Waals surface area (Å²) in [6.07, 6.45) is -0.0765. The van der Waals surface area contributed by atoms with Crippen molar-refractivity contribution >= 4 is 18.0 Å². The summed E-state index contributed by atoms with van der Waals surface area (Å²) in [4.78, 5) is 37.3. The van der Waals surface area contributed by atoms with Crippen LogP contribution in [0.1, 0.15) is 30.4 Å². The third-order valence-corrected chi connectivity index (χ3v) is 6.66. The van der Waals surface area contributed by atoms with Gasteiger partial charge in [0, 0.05) is 25.6 Å². The number of aliphatic carboxylic acids is 1. The Morgan fingerprint density at radius 3 is 2.32 bits per heavy atom. The van der Waals surface area contributed by atoms with E-state index in [1.165, 1.54) is 11.1 Å². The average Bonchev–Trinajstić information content (AvgIpc) is 3.16. The van der Waals surface area contributed by atoms with Crippen LogP contribution in [0, 0.1) is 11.8 Å². The molecule has 1 aliphatic heterocycles. The number of rotatable bonds is 8. The van der Waals surface area contributed by atoms with Crippen LogP contribution in [0.3, 0.4) is 0 Å². The second-order valence-corrected chi connectivity index (χ2v) is 8.86. The minimum absolute atomic E-state index is 0.000296. The van der Waals surface area contributed by atoms with Crippen molar-refractivity contribution in [2.24, 2.45) is 11.8 Å². The quantitative estimate of drug-likeness (QED) is 0.579. The zero-order valence-electron chi connectivity index (χ0n) is 19.2. The van der Waals surface area contributed by atoms with Gasteiger partial charge in [0.2, 0.25) is 5.91 Å². The van der Waals surface area contributed by atoms with Crippen LogP contribution in [0.15, 0.2) is 48.5 Å². The number of alkyl carbamates (subject to hydrolysis) is 1. The zero-order valence-corrected chi connectivity index (χ0v) is 19.2. The molecule has 180 valence electrons. The highest BCUT2D eigenvalue weighted by Gasteiger charge is 2.33. The first-order chi connectivity index (χ1) is 16.5.